The van der Waals surface area contributed by atoms with Crippen molar-refractivity contribution in [2.45, 2.75) is 11.1 Å². The SMILES string of the molecule is Cc1ccc(S(=O)(=O)Nc2ccccc2C#N)s1. The molecule has 4 nitrogen and oxygen atoms in total. The van der Waals surface area contributed by atoms with Crippen molar-refractivity contribution in [3.63, 3.8) is 0 Å². The molecule has 0 amide bonds. The fraction of sp³-hybridized carbons (Fsp3) is 0.0833. The number of rotatable bonds is 3. The third-order valence-electron chi connectivity index (χ3n) is 2.27. The summed E-state index contributed by atoms with van der Waals surface area (Å²) in [5.41, 5.74) is 0.598. The van der Waals surface area contributed by atoms with Gasteiger partial charge < -0.3 is 0 Å². The van der Waals surface area contributed by atoms with Crippen LogP contribution in [0.15, 0.2) is 40.6 Å². The predicted octanol–water partition coefficient (Wildman–Crippen LogP) is 2.73. The Hall–Kier alpha value is -1.84. The molecule has 1 aromatic heterocycles. The molecule has 1 heterocycles. The van der Waals surface area contributed by atoms with Crippen molar-refractivity contribution in [1.29, 1.82) is 5.26 Å². The maximum absolute atomic E-state index is 12.1. The largest absolute Gasteiger partial charge is 0.278 e. The molecule has 1 N–H and O–H groups in total. The lowest BCUT2D eigenvalue weighted by atomic mass is 10.2. The van der Waals surface area contributed by atoms with Gasteiger partial charge in [-0.25, -0.2) is 8.42 Å². The van der Waals surface area contributed by atoms with Crippen LogP contribution in [-0.4, -0.2) is 8.42 Å². The summed E-state index contributed by atoms with van der Waals surface area (Å²) in [7, 11) is -3.61. The molecule has 0 bridgehead atoms. The van der Waals surface area contributed by atoms with E-state index in [0.29, 0.717) is 11.3 Å². The van der Waals surface area contributed by atoms with Gasteiger partial charge in [0, 0.05) is 4.88 Å². The summed E-state index contributed by atoms with van der Waals surface area (Å²) < 4.78 is 26.8. The van der Waals surface area contributed by atoms with Crippen LogP contribution in [0.4, 0.5) is 5.69 Å². The summed E-state index contributed by atoms with van der Waals surface area (Å²) in [6.45, 7) is 1.84. The number of sulfonamides is 1. The number of nitriles is 1. The van der Waals surface area contributed by atoms with Crippen LogP contribution in [0.5, 0.6) is 0 Å². The number of anilines is 1. The Morgan fingerprint density at radius 1 is 1.22 bits per heavy atom. The highest BCUT2D eigenvalue weighted by Crippen LogP contribution is 2.24. The third kappa shape index (κ3) is 2.53. The van der Waals surface area contributed by atoms with Gasteiger partial charge in [0.05, 0.1) is 11.3 Å². The Morgan fingerprint density at radius 3 is 2.56 bits per heavy atom. The predicted molar refractivity (Wildman–Crippen MR) is 71.0 cm³/mol. The molecule has 0 fully saturated rings. The van der Waals surface area contributed by atoms with E-state index < -0.39 is 10.0 Å². The number of para-hydroxylation sites is 1. The molecule has 6 heteroatoms. The van der Waals surface area contributed by atoms with E-state index in [4.69, 9.17) is 5.26 Å². The first-order chi connectivity index (χ1) is 8.53. The van der Waals surface area contributed by atoms with E-state index >= 15 is 0 Å². The van der Waals surface area contributed by atoms with Crippen molar-refractivity contribution >= 4 is 27.0 Å². The van der Waals surface area contributed by atoms with Gasteiger partial charge in [-0.3, -0.25) is 4.72 Å². The second-order valence-electron chi connectivity index (χ2n) is 3.63. The van der Waals surface area contributed by atoms with E-state index in [1.165, 1.54) is 11.3 Å². The van der Waals surface area contributed by atoms with Crippen LogP contribution in [0.1, 0.15) is 10.4 Å². The van der Waals surface area contributed by atoms with Crippen molar-refractivity contribution in [3.8, 4) is 6.07 Å². The molecule has 0 atom stereocenters. The Labute approximate surface area is 110 Å². The van der Waals surface area contributed by atoms with Gasteiger partial charge in [-0.2, -0.15) is 5.26 Å². The number of thiophene rings is 1. The van der Waals surface area contributed by atoms with Crippen molar-refractivity contribution in [2.24, 2.45) is 0 Å². The Bertz CT molecular complexity index is 712. The van der Waals surface area contributed by atoms with Gasteiger partial charge in [0.15, 0.2) is 0 Å². The highest BCUT2D eigenvalue weighted by Gasteiger charge is 2.17. The molecule has 0 aliphatic carbocycles. The van der Waals surface area contributed by atoms with Gasteiger partial charge in [-0.15, -0.1) is 11.3 Å². The molecule has 2 rings (SSSR count). The van der Waals surface area contributed by atoms with Gasteiger partial charge in [0.25, 0.3) is 10.0 Å². The summed E-state index contributed by atoms with van der Waals surface area (Å²) in [6.07, 6.45) is 0. The zero-order chi connectivity index (χ0) is 13.2. The molecule has 0 saturated carbocycles. The minimum Gasteiger partial charge on any atom is -0.278 e. The molecule has 18 heavy (non-hydrogen) atoms. The van der Waals surface area contributed by atoms with Crippen LogP contribution in [0.25, 0.3) is 0 Å². The minimum atomic E-state index is -3.61. The number of hydrogen-bond donors (Lipinski definition) is 1. The first-order valence-corrected chi connectivity index (χ1v) is 7.41. The highest BCUT2D eigenvalue weighted by molar-refractivity contribution is 7.94. The number of hydrogen-bond acceptors (Lipinski definition) is 4. The number of nitrogens with zero attached hydrogens (tertiary/aromatic N) is 1. The van der Waals surface area contributed by atoms with Gasteiger partial charge in [-0.1, -0.05) is 12.1 Å². The Kier molecular flexibility index (Phi) is 3.36. The molecule has 92 valence electrons. The van der Waals surface area contributed by atoms with E-state index in [1.54, 1.807) is 36.4 Å². The van der Waals surface area contributed by atoms with Crippen LogP contribution >= 0.6 is 11.3 Å². The summed E-state index contributed by atoms with van der Waals surface area (Å²) in [5, 5.41) is 8.91. The lowest BCUT2D eigenvalue weighted by molar-refractivity contribution is 0.603. The van der Waals surface area contributed by atoms with Gasteiger partial charge in [-0.05, 0) is 31.2 Å². The zero-order valence-electron chi connectivity index (χ0n) is 9.54. The molecule has 0 saturated heterocycles. The average Bonchev–Trinajstić information content (AvgIpc) is 2.77. The summed E-state index contributed by atoms with van der Waals surface area (Å²) in [5.74, 6) is 0. The number of nitrogens with one attached hydrogen (secondary N) is 1. The molecule has 0 aliphatic rings. The van der Waals surface area contributed by atoms with Crippen molar-refractivity contribution in [1.82, 2.24) is 0 Å². The van der Waals surface area contributed by atoms with Crippen LogP contribution in [0.3, 0.4) is 0 Å². The van der Waals surface area contributed by atoms with Gasteiger partial charge in [0.2, 0.25) is 0 Å². The van der Waals surface area contributed by atoms with Crippen LogP contribution < -0.4 is 4.72 Å². The standard InChI is InChI=1S/C12H10N2O2S2/c1-9-6-7-12(17-9)18(15,16)14-11-5-3-2-4-10(11)8-13/h2-7,14H,1H3. The van der Waals surface area contributed by atoms with E-state index in [0.717, 1.165) is 4.88 Å². The van der Waals surface area contributed by atoms with E-state index in [9.17, 15) is 8.42 Å². The van der Waals surface area contributed by atoms with Crippen LogP contribution in [-0.2, 0) is 10.0 Å². The maximum Gasteiger partial charge on any atom is 0.271 e. The van der Waals surface area contributed by atoms with Gasteiger partial charge in [0.1, 0.15) is 10.3 Å². The second-order valence-corrected chi connectivity index (χ2v) is 6.83. The molecule has 0 unspecified atom stereocenters. The smallest absolute Gasteiger partial charge is 0.271 e. The lowest BCUT2D eigenvalue weighted by Gasteiger charge is -2.07. The van der Waals surface area contributed by atoms with Crippen molar-refractivity contribution in [3.05, 3.63) is 46.8 Å². The summed E-state index contributed by atoms with van der Waals surface area (Å²) >= 11 is 1.19. The lowest BCUT2D eigenvalue weighted by Crippen LogP contribution is -2.12. The molecule has 0 aliphatic heterocycles. The number of aryl methyl sites for hydroxylation is 1. The average molecular weight is 278 g/mol. The van der Waals surface area contributed by atoms with Crippen molar-refractivity contribution < 1.29 is 8.42 Å². The number of benzene rings is 1. The van der Waals surface area contributed by atoms with E-state index in [1.807, 2.05) is 13.0 Å². The second kappa shape index (κ2) is 4.80. The quantitative estimate of drug-likeness (QED) is 0.938. The Balaban J connectivity index is 2.37. The first-order valence-electron chi connectivity index (χ1n) is 5.11. The van der Waals surface area contributed by atoms with Crippen molar-refractivity contribution in [2.75, 3.05) is 4.72 Å². The van der Waals surface area contributed by atoms with E-state index in [-0.39, 0.29) is 4.21 Å². The maximum atomic E-state index is 12.1. The first kappa shape index (κ1) is 12.6. The minimum absolute atomic E-state index is 0.243. The molecule has 2 aromatic rings. The topological polar surface area (TPSA) is 70.0 Å². The summed E-state index contributed by atoms with van der Waals surface area (Å²) in [4.78, 5) is 0.920. The van der Waals surface area contributed by atoms with Crippen LogP contribution in [0.2, 0.25) is 0 Å². The molecule has 1 aromatic carbocycles. The summed E-state index contributed by atoms with van der Waals surface area (Å²) in [6, 6.07) is 11.7. The van der Waals surface area contributed by atoms with Crippen LogP contribution in [0, 0.1) is 18.3 Å². The fourth-order valence-electron chi connectivity index (χ4n) is 1.42. The van der Waals surface area contributed by atoms with Gasteiger partial charge >= 0.3 is 0 Å². The van der Waals surface area contributed by atoms with E-state index in [2.05, 4.69) is 4.72 Å². The molecule has 0 spiro atoms. The normalized spacial score (nSPS) is 10.9. The molecular formula is C12H10N2O2S2. The zero-order valence-corrected chi connectivity index (χ0v) is 11.2. The molecular weight excluding hydrogens is 268 g/mol. The Morgan fingerprint density at radius 2 is 1.94 bits per heavy atom. The highest BCUT2D eigenvalue weighted by atomic mass is 32.2. The fourth-order valence-corrected chi connectivity index (χ4v) is 3.78. The monoisotopic (exact) mass is 278 g/mol. The third-order valence-corrected chi connectivity index (χ3v) is 5.13. The molecule has 0 radical (unpaired) electrons.